The monoisotopic (exact) mass is 461 g/mol. The summed E-state index contributed by atoms with van der Waals surface area (Å²) in [6.45, 7) is 5.94. The highest BCUT2D eigenvalue weighted by Gasteiger charge is 2.18. The van der Waals surface area contributed by atoms with Crippen molar-refractivity contribution in [3.8, 4) is 11.5 Å². The third-order valence-electron chi connectivity index (χ3n) is 4.80. The minimum Gasteiger partial charge on any atom is -0.492 e. The molecule has 0 radical (unpaired) electrons. The lowest BCUT2D eigenvalue weighted by molar-refractivity contribution is 0.102. The molecule has 0 aliphatic carbocycles. The Hall–Kier alpha value is -2.91. The Morgan fingerprint density at radius 2 is 1.72 bits per heavy atom. The molecule has 3 rings (SSSR count). The van der Waals surface area contributed by atoms with Crippen molar-refractivity contribution >= 4 is 34.6 Å². The Labute approximate surface area is 192 Å². The first-order valence-corrected chi connectivity index (χ1v) is 11.1. The van der Waals surface area contributed by atoms with E-state index in [2.05, 4.69) is 16.0 Å². The Kier molecular flexibility index (Phi) is 8.64. The molecule has 2 aromatic carbocycles. The molecule has 0 bridgehead atoms. The second-order valence-corrected chi connectivity index (χ2v) is 7.55. The van der Waals surface area contributed by atoms with Crippen molar-refractivity contribution in [1.29, 1.82) is 0 Å². The van der Waals surface area contributed by atoms with E-state index in [0.717, 1.165) is 19.4 Å². The van der Waals surface area contributed by atoms with Crippen LogP contribution in [-0.2, 0) is 4.74 Å². The van der Waals surface area contributed by atoms with Crippen LogP contribution < -0.4 is 25.4 Å². The quantitative estimate of drug-likeness (QED) is 0.479. The zero-order chi connectivity index (χ0) is 22.9. The van der Waals surface area contributed by atoms with Crippen LogP contribution in [0.1, 0.15) is 37.0 Å². The summed E-state index contributed by atoms with van der Waals surface area (Å²) in [6.07, 6.45) is 2.23. The van der Waals surface area contributed by atoms with E-state index < -0.39 is 5.82 Å². The maximum Gasteiger partial charge on any atom is 0.255 e. The summed E-state index contributed by atoms with van der Waals surface area (Å²) in [6, 6.07) is 8.73. The lowest BCUT2D eigenvalue weighted by Crippen LogP contribution is -2.34. The lowest BCUT2D eigenvalue weighted by Gasteiger charge is -2.19. The molecule has 0 spiro atoms. The van der Waals surface area contributed by atoms with Gasteiger partial charge in [0.15, 0.2) is 5.11 Å². The van der Waals surface area contributed by atoms with Crippen molar-refractivity contribution in [2.75, 3.05) is 37.0 Å². The summed E-state index contributed by atoms with van der Waals surface area (Å²) in [5.74, 6) is 0.167. The van der Waals surface area contributed by atoms with Crippen LogP contribution in [0.5, 0.6) is 11.5 Å². The van der Waals surface area contributed by atoms with Crippen molar-refractivity contribution < 1.29 is 23.4 Å². The Morgan fingerprint density at radius 1 is 1.09 bits per heavy atom. The second-order valence-electron chi connectivity index (χ2n) is 7.14. The van der Waals surface area contributed by atoms with E-state index in [1.807, 2.05) is 13.8 Å². The average Bonchev–Trinajstić information content (AvgIpc) is 3.29. The van der Waals surface area contributed by atoms with E-state index in [-0.39, 0.29) is 12.0 Å². The van der Waals surface area contributed by atoms with Gasteiger partial charge in [-0.3, -0.25) is 4.79 Å². The van der Waals surface area contributed by atoms with Gasteiger partial charge in [0, 0.05) is 30.8 Å². The smallest absolute Gasteiger partial charge is 0.255 e. The van der Waals surface area contributed by atoms with Gasteiger partial charge in [-0.1, -0.05) is 0 Å². The molecule has 1 saturated heterocycles. The van der Waals surface area contributed by atoms with Gasteiger partial charge < -0.3 is 30.2 Å². The van der Waals surface area contributed by atoms with Crippen LogP contribution in [0.25, 0.3) is 0 Å². The first kappa shape index (κ1) is 23.7. The number of halogens is 1. The van der Waals surface area contributed by atoms with Crippen LogP contribution in [-0.4, -0.2) is 43.5 Å². The molecule has 1 atom stereocenters. The average molecular weight is 462 g/mol. The van der Waals surface area contributed by atoms with Gasteiger partial charge in [0.25, 0.3) is 5.91 Å². The molecule has 0 saturated carbocycles. The molecule has 1 fully saturated rings. The van der Waals surface area contributed by atoms with Crippen LogP contribution in [0, 0.1) is 5.82 Å². The Bertz CT molecular complexity index is 934. The summed E-state index contributed by atoms with van der Waals surface area (Å²) in [5.41, 5.74) is 1.38. The molecule has 32 heavy (non-hydrogen) atoms. The van der Waals surface area contributed by atoms with Crippen molar-refractivity contribution in [3.05, 3.63) is 47.8 Å². The second kappa shape index (κ2) is 11.6. The zero-order valence-electron chi connectivity index (χ0n) is 18.2. The zero-order valence-corrected chi connectivity index (χ0v) is 19.0. The standard InChI is InChI=1S/C23H28FN3O4S/c1-3-29-20-13-19(27-23(32)25-14-17-6-5-11-31-17)21(30-4-2)12-18(20)26-22(28)15-7-9-16(24)10-8-15/h7-10,12-13,17H,3-6,11,14H2,1-2H3,(H,26,28)(H2,25,27,32). The Morgan fingerprint density at radius 3 is 2.28 bits per heavy atom. The third kappa shape index (κ3) is 6.54. The van der Waals surface area contributed by atoms with Crippen LogP contribution >= 0.6 is 12.2 Å². The number of carbonyl (C=O) groups is 1. The molecule has 0 aromatic heterocycles. The highest BCUT2D eigenvalue weighted by Crippen LogP contribution is 2.37. The molecule has 9 heteroatoms. The normalized spacial score (nSPS) is 15.2. The van der Waals surface area contributed by atoms with Gasteiger partial charge in [0.05, 0.1) is 30.7 Å². The molecule has 1 amide bonds. The number of ether oxygens (including phenoxy) is 3. The number of rotatable bonds is 9. The summed E-state index contributed by atoms with van der Waals surface area (Å²) in [4.78, 5) is 12.6. The molecule has 1 heterocycles. The largest absolute Gasteiger partial charge is 0.492 e. The molecular formula is C23H28FN3O4S. The molecular weight excluding hydrogens is 433 g/mol. The fraction of sp³-hybridized carbons (Fsp3) is 0.391. The number of amides is 1. The Balaban J connectivity index is 1.78. The van der Waals surface area contributed by atoms with Crippen molar-refractivity contribution in [2.24, 2.45) is 0 Å². The van der Waals surface area contributed by atoms with E-state index in [0.29, 0.717) is 53.3 Å². The van der Waals surface area contributed by atoms with Crippen LogP contribution in [0.4, 0.5) is 15.8 Å². The highest BCUT2D eigenvalue weighted by molar-refractivity contribution is 7.80. The molecule has 1 aliphatic heterocycles. The molecule has 1 aliphatic rings. The van der Waals surface area contributed by atoms with E-state index >= 15 is 0 Å². The number of thiocarbonyl (C=S) groups is 1. The van der Waals surface area contributed by atoms with Crippen molar-refractivity contribution in [1.82, 2.24) is 5.32 Å². The maximum atomic E-state index is 13.2. The fourth-order valence-corrected chi connectivity index (χ4v) is 3.47. The van der Waals surface area contributed by atoms with Crippen LogP contribution in [0.2, 0.25) is 0 Å². The van der Waals surface area contributed by atoms with Crippen molar-refractivity contribution in [2.45, 2.75) is 32.8 Å². The molecule has 2 aromatic rings. The van der Waals surface area contributed by atoms with E-state index in [9.17, 15) is 9.18 Å². The van der Waals surface area contributed by atoms with Crippen LogP contribution in [0.3, 0.4) is 0 Å². The van der Waals surface area contributed by atoms with E-state index in [4.69, 9.17) is 26.4 Å². The minimum absolute atomic E-state index is 0.157. The number of hydrogen-bond acceptors (Lipinski definition) is 5. The van der Waals surface area contributed by atoms with Crippen molar-refractivity contribution in [3.63, 3.8) is 0 Å². The van der Waals surface area contributed by atoms with Gasteiger partial charge in [-0.15, -0.1) is 0 Å². The minimum atomic E-state index is -0.408. The van der Waals surface area contributed by atoms with Gasteiger partial charge in [-0.2, -0.15) is 0 Å². The number of nitrogens with one attached hydrogen (secondary N) is 3. The topological polar surface area (TPSA) is 80.8 Å². The number of anilines is 2. The van der Waals surface area contributed by atoms with Gasteiger partial charge in [-0.25, -0.2) is 4.39 Å². The maximum absolute atomic E-state index is 13.2. The first-order chi connectivity index (χ1) is 15.5. The summed E-state index contributed by atoms with van der Waals surface area (Å²) in [7, 11) is 0. The number of carbonyl (C=O) groups excluding carboxylic acids is 1. The highest BCUT2D eigenvalue weighted by atomic mass is 32.1. The van der Waals surface area contributed by atoms with E-state index in [1.54, 1.807) is 12.1 Å². The SMILES string of the molecule is CCOc1cc(NC(=S)NCC2CCCO2)c(OCC)cc1NC(=O)c1ccc(F)cc1. The fourth-order valence-electron chi connectivity index (χ4n) is 3.28. The number of hydrogen-bond donors (Lipinski definition) is 3. The van der Waals surface area contributed by atoms with Gasteiger partial charge in [-0.05, 0) is 63.2 Å². The first-order valence-electron chi connectivity index (χ1n) is 10.7. The molecule has 1 unspecified atom stereocenters. The summed E-state index contributed by atoms with van der Waals surface area (Å²) >= 11 is 5.42. The predicted molar refractivity (Wildman–Crippen MR) is 126 cm³/mol. The van der Waals surface area contributed by atoms with Gasteiger partial charge in [0.1, 0.15) is 17.3 Å². The molecule has 172 valence electrons. The van der Waals surface area contributed by atoms with Gasteiger partial charge in [0.2, 0.25) is 0 Å². The van der Waals surface area contributed by atoms with E-state index in [1.165, 1.54) is 24.3 Å². The summed E-state index contributed by atoms with van der Waals surface area (Å²) in [5, 5.41) is 9.56. The lowest BCUT2D eigenvalue weighted by atomic mass is 10.2. The van der Waals surface area contributed by atoms with Crippen LogP contribution in [0.15, 0.2) is 36.4 Å². The summed E-state index contributed by atoms with van der Waals surface area (Å²) < 4.78 is 30.3. The van der Waals surface area contributed by atoms with Gasteiger partial charge >= 0.3 is 0 Å². The number of benzene rings is 2. The molecule has 3 N–H and O–H groups in total. The molecule has 7 nitrogen and oxygen atoms in total. The predicted octanol–water partition coefficient (Wildman–Crippen LogP) is 4.34. The third-order valence-corrected chi connectivity index (χ3v) is 5.04.